The predicted molar refractivity (Wildman–Crippen MR) is 63.8 cm³/mol. The van der Waals surface area contributed by atoms with Gasteiger partial charge in [-0.25, -0.2) is 4.79 Å². The van der Waals surface area contributed by atoms with E-state index in [0.717, 1.165) is 9.13 Å². The summed E-state index contributed by atoms with van der Waals surface area (Å²) in [5.74, 6) is -1.01. The molecular formula is C9H7IO2S. The summed E-state index contributed by atoms with van der Waals surface area (Å²) < 4.78 is 1.01. The van der Waals surface area contributed by atoms with Crippen molar-refractivity contribution < 1.29 is 9.90 Å². The first-order valence-corrected chi connectivity index (χ1v) is 5.02. The molecule has 1 aromatic carbocycles. The highest BCUT2D eigenvalue weighted by Gasteiger charge is 2.02. The first-order valence-electron chi connectivity index (χ1n) is 3.50. The van der Waals surface area contributed by atoms with Crippen molar-refractivity contribution in [3.05, 3.63) is 38.3 Å². The molecule has 0 aromatic heterocycles. The van der Waals surface area contributed by atoms with Crippen LogP contribution in [0, 0.1) is 3.57 Å². The molecule has 0 saturated carbocycles. The Morgan fingerprint density at radius 1 is 1.46 bits per heavy atom. The number of hydrogen-bond donors (Lipinski definition) is 2. The Kier molecular flexibility index (Phi) is 3.80. The van der Waals surface area contributed by atoms with Crippen LogP contribution in [0.2, 0.25) is 0 Å². The monoisotopic (exact) mass is 306 g/mol. The highest BCUT2D eigenvalue weighted by atomic mass is 127. The third-order valence-corrected chi connectivity index (χ3v) is 2.72. The normalized spacial score (nSPS) is 11.4. The minimum absolute atomic E-state index is 0.0455. The lowest BCUT2D eigenvalue weighted by Gasteiger charge is -1.97. The van der Waals surface area contributed by atoms with E-state index in [-0.39, 0.29) is 4.91 Å². The largest absolute Gasteiger partial charge is 0.477 e. The summed E-state index contributed by atoms with van der Waals surface area (Å²) in [4.78, 5) is 10.5. The first-order chi connectivity index (χ1) is 6.11. The van der Waals surface area contributed by atoms with Crippen LogP contribution in [0.15, 0.2) is 29.2 Å². The van der Waals surface area contributed by atoms with E-state index in [1.54, 1.807) is 0 Å². The van der Waals surface area contributed by atoms with Gasteiger partial charge in [0.1, 0.15) is 0 Å². The quantitative estimate of drug-likeness (QED) is 0.501. The van der Waals surface area contributed by atoms with Crippen LogP contribution in [-0.2, 0) is 4.79 Å². The summed E-state index contributed by atoms with van der Waals surface area (Å²) in [7, 11) is 0. The Morgan fingerprint density at radius 3 is 2.62 bits per heavy atom. The second kappa shape index (κ2) is 4.66. The van der Waals surface area contributed by atoms with E-state index < -0.39 is 5.97 Å². The van der Waals surface area contributed by atoms with E-state index in [0.29, 0.717) is 0 Å². The molecule has 0 saturated heterocycles. The van der Waals surface area contributed by atoms with Gasteiger partial charge in [-0.1, -0.05) is 18.2 Å². The molecule has 0 unspecified atom stereocenters. The number of carbonyl (C=O) groups is 1. The van der Waals surface area contributed by atoms with E-state index in [1.165, 1.54) is 6.08 Å². The molecule has 13 heavy (non-hydrogen) atoms. The fourth-order valence-electron chi connectivity index (χ4n) is 0.801. The molecular weight excluding hydrogens is 299 g/mol. The van der Waals surface area contributed by atoms with Crippen molar-refractivity contribution in [2.24, 2.45) is 0 Å². The van der Waals surface area contributed by atoms with Crippen LogP contribution in [0.4, 0.5) is 0 Å². The molecule has 0 fully saturated rings. The van der Waals surface area contributed by atoms with Gasteiger partial charge in [-0.05, 0) is 40.3 Å². The molecule has 0 atom stereocenters. The zero-order chi connectivity index (χ0) is 9.84. The van der Waals surface area contributed by atoms with Gasteiger partial charge >= 0.3 is 5.97 Å². The van der Waals surface area contributed by atoms with Gasteiger partial charge in [-0.2, -0.15) is 0 Å². The van der Waals surface area contributed by atoms with Crippen LogP contribution in [0.3, 0.4) is 0 Å². The second-order valence-corrected chi connectivity index (χ2v) is 4.00. The molecule has 68 valence electrons. The van der Waals surface area contributed by atoms with Gasteiger partial charge in [-0.15, -0.1) is 12.6 Å². The topological polar surface area (TPSA) is 37.3 Å². The third-order valence-electron chi connectivity index (χ3n) is 1.42. The van der Waals surface area contributed by atoms with Crippen molar-refractivity contribution >= 4 is 47.3 Å². The summed E-state index contributed by atoms with van der Waals surface area (Å²) in [6.45, 7) is 0. The standard InChI is InChI=1S/C9H7IO2S/c10-7-4-2-1-3-6(7)5-8(13)9(11)12/h1-5,13H,(H,11,12)/b8-5-. The van der Waals surface area contributed by atoms with Crippen LogP contribution in [0.5, 0.6) is 0 Å². The summed E-state index contributed by atoms with van der Waals surface area (Å²) in [5, 5.41) is 8.59. The zero-order valence-electron chi connectivity index (χ0n) is 6.57. The summed E-state index contributed by atoms with van der Waals surface area (Å²) in [6, 6.07) is 7.52. The molecule has 0 amide bonds. The Hall–Kier alpha value is -0.490. The summed E-state index contributed by atoms with van der Waals surface area (Å²) in [6.07, 6.45) is 1.53. The van der Waals surface area contributed by atoms with Crippen molar-refractivity contribution in [2.75, 3.05) is 0 Å². The zero-order valence-corrected chi connectivity index (χ0v) is 9.62. The molecule has 1 rings (SSSR count). The Bertz CT molecular complexity index is 360. The number of carboxylic acids is 1. The number of benzene rings is 1. The minimum atomic E-state index is -1.01. The number of aliphatic carboxylic acids is 1. The Labute approximate surface area is 95.2 Å². The van der Waals surface area contributed by atoms with Gasteiger partial charge in [0.15, 0.2) is 0 Å². The molecule has 0 heterocycles. The fraction of sp³-hybridized carbons (Fsp3) is 0. The molecule has 0 aliphatic heterocycles. The van der Waals surface area contributed by atoms with Gasteiger partial charge in [0.05, 0.1) is 4.91 Å². The summed E-state index contributed by atoms with van der Waals surface area (Å²) >= 11 is 5.99. The predicted octanol–water partition coefficient (Wildman–Crippen LogP) is 2.65. The molecule has 4 heteroatoms. The highest BCUT2D eigenvalue weighted by molar-refractivity contribution is 14.1. The van der Waals surface area contributed by atoms with Crippen LogP contribution in [0.1, 0.15) is 5.56 Å². The average molecular weight is 306 g/mol. The van der Waals surface area contributed by atoms with E-state index >= 15 is 0 Å². The molecule has 1 N–H and O–H groups in total. The number of carboxylic acid groups (broad SMARTS) is 1. The minimum Gasteiger partial charge on any atom is -0.477 e. The number of halogens is 1. The molecule has 0 bridgehead atoms. The SMILES string of the molecule is O=C(O)/C(S)=C/c1ccccc1I. The molecule has 0 aliphatic rings. The maximum absolute atomic E-state index is 10.5. The molecule has 0 spiro atoms. The maximum atomic E-state index is 10.5. The van der Waals surface area contributed by atoms with Crippen LogP contribution < -0.4 is 0 Å². The lowest BCUT2D eigenvalue weighted by atomic mass is 10.2. The van der Waals surface area contributed by atoms with Crippen LogP contribution >= 0.6 is 35.2 Å². The van der Waals surface area contributed by atoms with Crippen LogP contribution in [0.25, 0.3) is 6.08 Å². The van der Waals surface area contributed by atoms with Crippen molar-refractivity contribution in [2.45, 2.75) is 0 Å². The first kappa shape index (κ1) is 10.6. The maximum Gasteiger partial charge on any atom is 0.341 e. The number of rotatable bonds is 2. The van der Waals surface area contributed by atoms with Crippen molar-refractivity contribution in [1.82, 2.24) is 0 Å². The number of hydrogen-bond acceptors (Lipinski definition) is 2. The van der Waals surface area contributed by atoms with Crippen molar-refractivity contribution in [1.29, 1.82) is 0 Å². The molecule has 2 nitrogen and oxygen atoms in total. The fourth-order valence-corrected chi connectivity index (χ4v) is 1.48. The van der Waals surface area contributed by atoms with E-state index in [9.17, 15) is 4.79 Å². The molecule has 0 aliphatic carbocycles. The van der Waals surface area contributed by atoms with Crippen LogP contribution in [-0.4, -0.2) is 11.1 Å². The van der Waals surface area contributed by atoms with Gasteiger partial charge in [0.25, 0.3) is 0 Å². The van der Waals surface area contributed by atoms with Gasteiger partial charge in [-0.3, -0.25) is 0 Å². The van der Waals surface area contributed by atoms with Gasteiger partial charge in [0, 0.05) is 3.57 Å². The van der Waals surface area contributed by atoms with E-state index in [4.69, 9.17) is 5.11 Å². The molecule has 1 aromatic rings. The van der Waals surface area contributed by atoms with E-state index in [1.807, 2.05) is 24.3 Å². The van der Waals surface area contributed by atoms with E-state index in [2.05, 4.69) is 35.2 Å². The summed E-state index contributed by atoms with van der Waals surface area (Å²) in [5.41, 5.74) is 0.871. The smallest absolute Gasteiger partial charge is 0.341 e. The highest BCUT2D eigenvalue weighted by Crippen LogP contribution is 2.16. The lowest BCUT2D eigenvalue weighted by molar-refractivity contribution is -0.131. The Morgan fingerprint density at radius 2 is 2.08 bits per heavy atom. The lowest BCUT2D eigenvalue weighted by Crippen LogP contribution is -1.93. The average Bonchev–Trinajstić information content (AvgIpc) is 2.08. The van der Waals surface area contributed by atoms with Gasteiger partial charge < -0.3 is 5.11 Å². The Balaban J connectivity index is 3.04. The van der Waals surface area contributed by atoms with Gasteiger partial charge in [0.2, 0.25) is 0 Å². The van der Waals surface area contributed by atoms with Crippen molar-refractivity contribution in [3.8, 4) is 0 Å². The third kappa shape index (κ3) is 3.04. The number of thiol groups is 1. The second-order valence-electron chi connectivity index (χ2n) is 2.36. The molecule has 0 radical (unpaired) electrons. The van der Waals surface area contributed by atoms with Crippen molar-refractivity contribution in [3.63, 3.8) is 0 Å².